The van der Waals surface area contributed by atoms with Gasteiger partial charge in [-0.2, -0.15) is 13.2 Å². The van der Waals surface area contributed by atoms with Crippen LogP contribution < -0.4 is 0 Å². The van der Waals surface area contributed by atoms with Crippen molar-refractivity contribution >= 4 is 5.91 Å². The first-order chi connectivity index (χ1) is 14.1. The van der Waals surface area contributed by atoms with Crippen LogP contribution in [0.1, 0.15) is 29.8 Å². The first kappa shape index (κ1) is 24.6. The zero-order chi connectivity index (χ0) is 22.3. The van der Waals surface area contributed by atoms with Crippen molar-refractivity contribution in [1.29, 1.82) is 0 Å². The Morgan fingerprint density at radius 2 is 2.13 bits per heavy atom. The van der Waals surface area contributed by atoms with Gasteiger partial charge in [0.2, 0.25) is 0 Å². The van der Waals surface area contributed by atoms with Gasteiger partial charge in [-0.05, 0) is 24.1 Å². The van der Waals surface area contributed by atoms with E-state index in [2.05, 4.69) is 4.90 Å². The Hall–Kier alpha value is -1.68. The van der Waals surface area contributed by atoms with Crippen LogP contribution in [0.3, 0.4) is 0 Å². The maximum atomic E-state index is 13.0. The quantitative estimate of drug-likeness (QED) is 0.650. The van der Waals surface area contributed by atoms with E-state index in [0.717, 1.165) is 12.1 Å². The largest absolute Gasteiger partial charge is 0.416 e. The van der Waals surface area contributed by atoms with Gasteiger partial charge >= 0.3 is 6.18 Å². The van der Waals surface area contributed by atoms with E-state index in [9.17, 15) is 23.1 Å². The van der Waals surface area contributed by atoms with Crippen LogP contribution in [-0.2, 0) is 15.7 Å². The van der Waals surface area contributed by atoms with E-state index in [-0.39, 0.29) is 37.3 Å². The average molecular weight is 432 g/mol. The minimum Gasteiger partial charge on any atom is -0.392 e. The fourth-order valence-electron chi connectivity index (χ4n) is 3.27. The molecule has 1 N–H and O–H groups in total. The number of β-amino-alcohol motifs (C(OH)–C–C–N with tert-alkyl or cyclic N) is 1. The highest BCUT2D eigenvalue weighted by Gasteiger charge is 2.32. The van der Waals surface area contributed by atoms with Crippen LogP contribution in [-0.4, -0.2) is 86.1 Å². The fraction of sp³-hybridized carbons (Fsp3) is 0.667. The molecule has 0 aromatic heterocycles. The predicted molar refractivity (Wildman–Crippen MR) is 106 cm³/mol. The Morgan fingerprint density at radius 1 is 1.40 bits per heavy atom. The lowest BCUT2D eigenvalue weighted by atomic mass is 10.1. The molecule has 30 heavy (non-hydrogen) atoms. The Bertz CT molecular complexity index is 684. The monoisotopic (exact) mass is 432 g/mol. The fourth-order valence-corrected chi connectivity index (χ4v) is 3.27. The number of carbonyl (C=O) groups is 1. The smallest absolute Gasteiger partial charge is 0.392 e. The number of ether oxygens (including phenoxy) is 2. The number of methoxy groups -OCH3 is 1. The van der Waals surface area contributed by atoms with Crippen molar-refractivity contribution in [1.82, 2.24) is 9.80 Å². The number of alkyl halides is 3. The van der Waals surface area contributed by atoms with E-state index < -0.39 is 23.8 Å². The summed E-state index contributed by atoms with van der Waals surface area (Å²) in [5, 5.41) is 10.1. The predicted octanol–water partition coefficient (Wildman–Crippen LogP) is 2.51. The highest BCUT2D eigenvalue weighted by Crippen LogP contribution is 2.29. The van der Waals surface area contributed by atoms with Crippen molar-refractivity contribution in [3.8, 4) is 0 Å². The van der Waals surface area contributed by atoms with Crippen LogP contribution in [0.5, 0.6) is 0 Å². The van der Waals surface area contributed by atoms with Gasteiger partial charge in [0.25, 0.3) is 5.91 Å². The number of hydrogen-bond acceptors (Lipinski definition) is 5. The number of carbonyl (C=O) groups excluding carboxylic acids is 1. The van der Waals surface area contributed by atoms with Gasteiger partial charge in [-0.15, -0.1) is 0 Å². The Morgan fingerprint density at radius 3 is 2.77 bits per heavy atom. The molecule has 1 amide bonds. The number of aliphatic hydroxyl groups is 1. The number of rotatable bonds is 9. The molecule has 0 spiro atoms. The third-order valence-corrected chi connectivity index (χ3v) is 5.15. The van der Waals surface area contributed by atoms with E-state index in [1.54, 1.807) is 0 Å². The van der Waals surface area contributed by atoms with Gasteiger partial charge in [-0.3, -0.25) is 9.69 Å². The zero-order valence-electron chi connectivity index (χ0n) is 17.7. The van der Waals surface area contributed by atoms with Gasteiger partial charge in [-0.1, -0.05) is 19.9 Å². The standard InChI is InChI=1S/C21H31F3N2O4/c1-15(2)19(27)14-25-7-10-30-18(12-25)13-26(8-9-29-3)20(28)16-5-4-6-17(11-16)21(22,23)24/h4-6,11,15,18-19,27H,7-10,12-14H2,1-3H3/t18-,19+/m1/s1. The third kappa shape index (κ3) is 7.23. The number of hydrogen-bond donors (Lipinski definition) is 1. The van der Waals surface area contributed by atoms with E-state index in [1.807, 2.05) is 13.8 Å². The van der Waals surface area contributed by atoms with Gasteiger partial charge in [0.1, 0.15) is 0 Å². The molecule has 1 aromatic rings. The van der Waals surface area contributed by atoms with Crippen molar-refractivity contribution in [3.05, 3.63) is 35.4 Å². The Balaban J connectivity index is 2.09. The van der Waals surface area contributed by atoms with Crippen LogP contribution in [0.15, 0.2) is 24.3 Å². The molecular weight excluding hydrogens is 401 g/mol. The van der Waals surface area contributed by atoms with Gasteiger partial charge in [0, 0.05) is 45.4 Å². The van der Waals surface area contributed by atoms with Crippen molar-refractivity contribution in [3.63, 3.8) is 0 Å². The lowest BCUT2D eigenvalue weighted by Gasteiger charge is -2.37. The molecule has 1 aliphatic rings. The molecule has 170 valence electrons. The lowest BCUT2D eigenvalue weighted by Crippen LogP contribution is -2.51. The number of nitrogens with zero attached hydrogens (tertiary/aromatic N) is 2. The zero-order valence-corrected chi connectivity index (χ0v) is 17.7. The van der Waals surface area contributed by atoms with Crippen molar-refractivity contribution in [2.75, 3.05) is 53.0 Å². The molecular formula is C21H31F3N2O4. The Labute approximate surface area is 175 Å². The number of amides is 1. The molecule has 0 saturated carbocycles. The summed E-state index contributed by atoms with van der Waals surface area (Å²) >= 11 is 0. The van der Waals surface area contributed by atoms with E-state index in [0.29, 0.717) is 26.2 Å². The Kier molecular flexibility index (Phi) is 9.09. The first-order valence-electron chi connectivity index (χ1n) is 10.1. The van der Waals surface area contributed by atoms with Crippen LogP contribution >= 0.6 is 0 Å². The van der Waals surface area contributed by atoms with E-state index >= 15 is 0 Å². The summed E-state index contributed by atoms with van der Waals surface area (Å²) < 4.78 is 49.9. The summed E-state index contributed by atoms with van der Waals surface area (Å²) in [6.07, 6.45) is -5.28. The van der Waals surface area contributed by atoms with Crippen molar-refractivity contribution in [2.24, 2.45) is 5.92 Å². The molecule has 0 unspecified atom stereocenters. The summed E-state index contributed by atoms with van der Waals surface area (Å²) in [5.41, 5.74) is -0.883. The van der Waals surface area contributed by atoms with Gasteiger partial charge in [0.05, 0.1) is 31.0 Å². The average Bonchev–Trinajstić information content (AvgIpc) is 2.70. The van der Waals surface area contributed by atoms with Crippen LogP contribution in [0.4, 0.5) is 13.2 Å². The molecule has 0 aliphatic carbocycles. The molecule has 2 atom stereocenters. The van der Waals surface area contributed by atoms with E-state index in [4.69, 9.17) is 9.47 Å². The highest BCUT2D eigenvalue weighted by molar-refractivity contribution is 5.94. The van der Waals surface area contributed by atoms with Crippen LogP contribution in [0.2, 0.25) is 0 Å². The molecule has 1 fully saturated rings. The molecule has 0 radical (unpaired) electrons. The molecule has 1 saturated heterocycles. The summed E-state index contributed by atoms with van der Waals surface area (Å²) in [6, 6.07) is 4.43. The normalized spacial score (nSPS) is 19.1. The van der Waals surface area contributed by atoms with Gasteiger partial charge in [0.15, 0.2) is 0 Å². The molecule has 6 nitrogen and oxygen atoms in total. The lowest BCUT2D eigenvalue weighted by molar-refractivity contribution is -0.137. The number of aliphatic hydroxyl groups excluding tert-OH is 1. The van der Waals surface area contributed by atoms with Crippen molar-refractivity contribution in [2.45, 2.75) is 32.2 Å². The van der Waals surface area contributed by atoms with Crippen LogP contribution in [0.25, 0.3) is 0 Å². The summed E-state index contributed by atoms with van der Waals surface area (Å²) in [5.74, 6) is -0.368. The summed E-state index contributed by atoms with van der Waals surface area (Å²) in [4.78, 5) is 16.5. The van der Waals surface area contributed by atoms with Gasteiger partial charge in [-0.25, -0.2) is 0 Å². The summed E-state index contributed by atoms with van der Waals surface area (Å²) in [7, 11) is 1.50. The minimum absolute atomic E-state index is 0.0242. The second-order valence-electron chi connectivity index (χ2n) is 7.89. The minimum atomic E-state index is -4.52. The third-order valence-electron chi connectivity index (χ3n) is 5.15. The molecule has 0 bridgehead atoms. The molecule has 1 aromatic carbocycles. The van der Waals surface area contributed by atoms with Gasteiger partial charge < -0.3 is 19.5 Å². The van der Waals surface area contributed by atoms with Crippen molar-refractivity contribution < 1.29 is 32.5 Å². The maximum absolute atomic E-state index is 13.0. The summed E-state index contributed by atoms with van der Waals surface area (Å²) in [6.45, 7) is 6.80. The maximum Gasteiger partial charge on any atom is 0.416 e. The second-order valence-corrected chi connectivity index (χ2v) is 7.89. The molecule has 9 heteroatoms. The molecule has 1 heterocycles. The number of morpholine rings is 1. The molecule has 1 aliphatic heterocycles. The highest BCUT2D eigenvalue weighted by atomic mass is 19.4. The SMILES string of the molecule is COCCN(C[C@H]1CN(C[C@H](O)C(C)C)CCO1)C(=O)c1cccc(C(F)(F)F)c1. The topological polar surface area (TPSA) is 62.2 Å². The molecule has 2 rings (SSSR count). The first-order valence-corrected chi connectivity index (χ1v) is 10.1. The number of halogens is 3. The second kappa shape index (κ2) is 11.1. The van der Waals surface area contributed by atoms with E-state index in [1.165, 1.54) is 24.1 Å². The van der Waals surface area contributed by atoms with Crippen LogP contribution in [0, 0.1) is 5.92 Å². The number of benzene rings is 1.